The second-order valence-corrected chi connectivity index (χ2v) is 7.78. The van der Waals surface area contributed by atoms with Gasteiger partial charge >= 0.3 is 6.03 Å². The largest absolute Gasteiger partial charge is 0.352 e. The van der Waals surface area contributed by atoms with E-state index in [9.17, 15) is 9.59 Å². The summed E-state index contributed by atoms with van der Waals surface area (Å²) < 4.78 is 2.12. The predicted molar refractivity (Wildman–Crippen MR) is 102 cm³/mol. The Morgan fingerprint density at radius 3 is 2.23 bits per heavy atom. The van der Waals surface area contributed by atoms with E-state index in [4.69, 9.17) is 0 Å². The molecular formula is C20H32N4O2. The van der Waals surface area contributed by atoms with Crippen LogP contribution in [-0.4, -0.2) is 58.5 Å². The molecule has 2 aliphatic rings. The van der Waals surface area contributed by atoms with Gasteiger partial charge in [-0.15, -0.1) is 0 Å². The zero-order valence-corrected chi connectivity index (χ0v) is 16.4. The van der Waals surface area contributed by atoms with Gasteiger partial charge in [0.1, 0.15) is 0 Å². The van der Waals surface area contributed by atoms with Gasteiger partial charge in [0.2, 0.25) is 5.91 Å². The molecule has 1 aliphatic carbocycles. The van der Waals surface area contributed by atoms with Crippen molar-refractivity contribution < 1.29 is 9.59 Å². The molecule has 3 amide bonds. The number of carbonyl (C=O) groups is 2. The number of hydrogen-bond donors (Lipinski definition) is 1. The Morgan fingerprint density at radius 2 is 1.65 bits per heavy atom. The van der Waals surface area contributed by atoms with E-state index in [0.29, 0.717) is 38.6 Å². The normalized spacial score (nSPS) is 18.9. The summed E-state index contributed by atoms with van der Waals surface area (Å²) in [5.41, 5.74) is 3.43. The third kappa shape index (κ3) is 4.22. The van der Waals surface area contributed by atoms with Crippen molar-refractivity contribution in [2.45, 2.75) is 58.4 Å². The fraction of sp³-hybridized carbons (Fsp3) is 0.700. The van der Waals surface area contributed by atoms with Gasteiger partial charge in [-0.3, -0.25) is 4.79 Å². The summed E-state index contributed by atoms with van der Waals surface area (Å²) in [5.74, 6) is 0.158. The fourth-order valence-electron chi connectivity index (χ4n) is 4.06. The number of amides is 3. The molecule has 0 spiro atoms. The van der Waals surface area contributed by atoms with E-state index < -0.39 is 0 Å². The number of aryl methyl sites for hydroxylation is 1. The highest BCUT2D eigenvalue weighted by atomic mass is 16.2. The standard InChI is InChI=1S/C20H32N4O2/c1-15-13-17(16(2)22(15)3)14-19(25)23-9-11-24(12-10-23)20(26)21-18-7-5-4-6-8-18/h13,18H,4-12,14H2,1-3H3,(H,21,26). The summed E-state index contributed by atoms with van der Waals surface area (Å²) in [6, 6.07) is 2.47. The lowest BCUT2D eigenvalue weighted by Gasteiger charge is -2.36. The second kappa shape index (κ2) is 8.14. The van der Waals surface area contributed by atoms with Crippen LogP contribution >= 0.6 is 0 Å². The maximum absolute atomic E-state index is 12.6. The second-order valence-electron chi connectivity index (χ2n) is 7.78. The number of aromatic nitrogens is 1. The van der Waals surface area contributed by atoms with Gasteiger partial charge in [-0.05, 0) is 38.3 Å². The average molecular weight is 361 g/mol. The topological polar surface area (TPSA) is 57.6 Å². The smallest absolute Gasteiger partial charge is 0.317 e. The molecule has 1 aliphatic heterocycles. The minimum Gasteiger partial charge on any atom is -0.352 e. The number of carbonyl (C=O) groups excluding carboxylic acids is 2. The van der Waals surface area contributed by atoms with Crippen LogP contribution in [0.4, 0.5) is 4.79 Å². The van der Waals surface area contributed by atoms with Crippen LogP contribution in [0.1, 0.15) is 49.1 Å². The summed E-state index contributed by atoms with van der Waals surface area (Å²) in [4.78, 5) is 28.8. The molecule has 144 valence electrons. The van der Waals surface area contributed by atoms with Gasteiger partial charge in [-0.25, -0.2) is 4.79 Å². The van der Waals surface area contributed by atoms with Crippen LogP contribution in [0.25, 0.3) is 0 Å². The first-order chi connectivity index (χ1) is 12.5. The lowest BCUT2D eigenvalue weighted by atomic mass is 9.96. The summed E-state index contributed by atoms with van der Waals surface area (Å²) in [6.07, 6.45) is 6.35. The first kappa shape index (κ1) is 18.8. The van der Waals surface area contributed by atoms with Crippen molar-refractivity contribution >= 4 is 11.9 Å². The molecular weight excluding hydrogens is 328 g/mol. The lowest BCUT2D eigenvalue weighted by molar-refractivity contribution is -0.131. The monoisotopic (exact) mass is 360 g/mol. The van der Waals surface area contributed by atoms with E-state index in [2.05, 4.69) is 29.8 Å². The molecule has 1 aromatic rings. The van der Waals surface area contributed by atoms with Gasteiger partial charge in [0.25, 0.3) is 0 Å². The molecule has 0 radical (unpaired) electrons. The van der Waals surface area contributed by atoms with Gasteiger partial charge in [-0.2, -0.15) is 0 Å². The molecule has 26 heavy (non-hydrogen) atoms. The highest BCUT2D eigenvalue weighted by molar-refractivity contribution is 5.80. The summed E-state index contributed by atoms with van der Waals surface area (Å²) >= 11 is 0. The van der Waals surface area contributed by atoms with Crippen molar-refractivity contribution in [2.75, 3.05) is 26.2 Å². The Labute approximate surface area is 156 Å². The minimum absolute atomic E-state index is 0.0403. The first-order valence-corrected chi connectivity index (χ1v) is 9.90. The van der Waals surface area contributed by atoms with Crippen molar-refractivity contribution in [1.29, 1.82) is 0 Å². The van der Waals surface area contributed by atoms with E-state index >= 15 is 0 Å². The van der Waals surface area contributed by atoms with E-state index in [1.807, 2.05) is 16.8 Å². The van der Waals surface area contributed by atoms with Crippen LogP contribution < -0.4 is 5.32 Å². The van der Waals surface area contributed by atoms with Crippen molar-refractivity contribution in [3.63, 3.8) is 0 Å². The first-order valence-electron chi connectivity index (χ1n) is 9.90. The number of urea groups is 1. The summed E-state index contributed by atoms with van der Waals surface area (Å²) in [7, 11) is 2.03. The highest BCUT2D eigenvalue weighted by Crippen LogP contribution is 2.18. The predicted octanol–water partition coefficient (Wildman–Crippen LogP) is 2.37. The molecule has 1 aromatic heterocycles. The Balaban J connectivity index is 1.47. The fourth-order valence-corrected chi connectivity index (χ4v) is 4.06. The van der Waals surface area contributed by atoms with Gasteiger partial charge < -0.3 is 19.7 Å². The zero-order valence-electron chi connectivity index (χ0n) is 16.4. The molecule has 3 rings (SSSR count). The Kier molecular flexibility index (Phi) is 5.89. The van der Waals surface area contributed by atoms with Crippen molar-refractivity contribution in [3.8, 4) is 0 Å². The maximum Gasteiger partial charge on any atom is 0.317 e. The molecule has 0 unspecified atom stereocenters. The number of rotatable bonds is 3. The number of hydrogen-bond acceptors (Lipinski definition) is 2. The zero-order chi connectivity index (χ0) is 18.7. The van der Waals surface area contributed by atoms with Crippen molar-refractivity contribution in [2.24, 2.45) is 7.05 Å². The van der Waals surface area contributed by atoms with Crippen LogP contribution in [0.2, 0.25) is 0 Å². The number of nitrogens with one attached hydrogen (secondary N) is 1. The quantitative estimate of drug-likeness (QED) is 0.900. The van der Waals surface area contributed by atoms with Crippen molar-refractivity contribution in [3.05, 3.63) is 23.0 Å². The molecule has 6 heteroatoms. The van der Waals surface area contributed by atoms with Crippen LogP contribution in [0.15, 0.2) is 6.07 Å². The summed E-state index contributed by atoms with van der Waals surface area (Å²) in [5, 5.41) is 3.17. The molecule has 1 saturated heterocycles. The molecule has 1 N–H and O–H groups in total. The SMILES string of the molecule is Cc1cc(CC(=O)N2CCN(C(=O)NC3CCCCC3)CC2)c(C)n1C. The third-order valence-electron chi connectivity index (χ3n) is 6.07. The molecule has 0 aromatic carbocycles. The highest BCUT2D eigenvalue weighted by Gasteiger charge is 2.26. The van der Waals surface area contributed by atoms with Crippen LogP contribution in [0.3, 0.4) is 0 Å². The molecule has 0 bridgehead atoms. The molecule has 6 nitrogen and oxygen atoms in total. The van der Waals surface area contributed by atoms with Crippen molar-refractivity contribution in [1.82, 2.24) is 19.7 Å². The maximum atomic E-state index is 12.6. The summed E-state index contributed by atoms with van der Waals surface area (Å²) in [6.45, 7) is 6.62. The van der Waals surface area contributed by atoms with Gasteiger partial charge in [0.15, 0.2) is 0 Å². The van der Waals surface area contributed by atoms with E-state index in [1.54, 1.807) is 0 Å². The number of nitrogens with zero attached hydrogens (tertiary/aromatic N) is 3. The van der Waals surface area contributed by atoms with E-state index in [1.165, 1.54) is 25.0 Å². The van der Waals surface area contributed by atoms with Gasteiger partial charge in [0.05, 0.1) is 6.42 Å². The van der Waals surface area contributed by atoms with Crippen LogP contribution in [0, 0.1) is 13.8 Å². The number of piperazine rings is 1. The Hall–Kier alpha value is -1.98. The molecule has 1 saturated carbocycles. The Bertz CT molecular complexity index is 653. The molecule has 2 fully saturated rings. The van der Waals surface area contributed by atoms with E-state index in [-0.39, 0.29) is 11.9 Å². The minimum atomic E-state index is 0.0403. The lowest BCUT2D eigenvalue weighted by Crippen LogP contribution is -2.55. The van der Waals surface area contributed by atoms with Gasteiger partial charge in [0, 0.05) is 50.7 Å². The molecule has 0 atom stereocenters. The third-order valence-corrected chi connectivity index (χ3v) is 6.07. The Morgan fingerprint density at radius 1 is 1.04 bits per heavy atom. The van der Waals surface area contributed by atoms with E-state index in [0.717, 1.165) is 24.1 Å². The van der Waals surface area contributed by atoms with Crippen LogP contribution in [0.5, 0.6) is 0 Å². The molecule has 2 heterocycles. The average Bonchev–Trinajstić information content (AvgIpc) is 2.89. The van der Waals surface area contributed by atoms with Gasteiger partial charge in [-0.1, -0.05) is 19.3 Å². The van der Waals surface area contributed by atoms with Crippen LogP contribution in [-0.2, 0) is 18.3 Å².